The number of hydrogen-bond donors (Lipinski definition) is 2. The fourth-order valence-electron chi connectivity index (χ4n) is 4.58. The fourth-order valence-corrected chi connectivity index (χ4v) is 4.58. The highest BCUT2D eigenvalue weighted by Gasteiger charge is 2.52. The number of nitrogens with one attached hydrogen (secondary N) is 2. The summed E-state index contributed by atoms with van der Waals surface area (Å²) in [6.45, 7) is 3.00. The van der Waals surface area contributed by atoms with Crippen molar-refractivity contribution in [1.82, 2.24) is 10.6 Å². The van der Waals surface area contributed by atoms with Crippen LogP contribution < -0.4 is 20.1 Å². The number of benzene rings is 3. The van der Waals surface area contributed by atoms with E-state index in [4.69, 9.17) is 9.47 Å². The van der Waals surface area contributed by atoms with Crippen LogP contribution in [0.5, 0.6) is 11.5 Å². The van der Waals surface area contributed by atoms with Crippen molar-refractivity contribution in [2.45, 2.75) is 18.0 Å². The number of ether oxygens (including phenoxy) is 2. The molecule has 0 bridgehead atoms. The second-order valence-electron chi connectivity index (χ2n) is 7.63. The minimum atomic E-state index is -0.516. The Morgan fingerprint density at radius 1 is 0.733 bits per heavy atom. The summed E-state index contributed by atoms with van der Waals surface area (Å²) in [6.07, 6.45) is 4.14. The average Bonchev–Trinajstić information content (AvgIpc) is 2.81. The van der Waals surface area contributed by atoms with E-state index in [-0.39, 0.29) is 0 Å². The first-order valence-electron chi connectivity index (χ1n) is 10.2. The Morgan fingerprint density at radius 2 is 1.23 bits per heavy atom. The number of hydrogen-bond acceptors (Lipinski definition) is 4. The quantitative estimate of drug-likeness (QED) is 0.600. The van der Waals surface area contributed by atoms with E-state index in [2.05, 4.69) is 78.2 Å². The maximum absolute atomic E-state index is 5.44. The Balaban J connectivity index is 2.05. The zero-order chi connectivity index (χ0) is 21.0. The predicted molar refractivity (Wildman–Crippen MR) is 121 cm³/mol. The molecule has 1 aliphatic heterocycles. The van der Waals surface area contributed by atoms with Crippen LogP contribution in [0.1, 0.15) is 23.6 Å². The van der Waals surface area contributed by atoms with E-state index < -0.39 is 11.1 Å². The lowest BCUT2D eigenvalue weighted by molar-refractivity contribution is 0.220. The first-order chi connectivity index (χ1) is 14.6. The highest BCUT2D eigenvalue weighted by Crippen LogP contribution is 2.47. The summed E-state index contributed by atoms with van der Waals surface area (Å²) in [5, 5.41) is 7.36. The highest BCUT2D eigenvalue weighted by molar-refractivity contribution is 5.56. The van der Waals surface area contributed by atoms with Gasteiger partial charge in [-0.1, -0.05) is 60.7 Å². The molecule has 4 heteroatoms. The fraction of sp³-hybridized carbons (Fsp3) is 0.231. The molecule has 0 spiro atoms. The molecule has 0 amide bonds. The van der Waals surface area contributed by atoms with Crippen LogP contribution in [0, 0.1) is 0 Å². The lowest BCUT2D eigenvalue weighted by Crippen LogP contribution is -2.68. The monoisotopic (exact) mass is 400 g/mol. The van der Waals surface area contributed by atoms with Crippen molar-refractivity contribution >= 4 is 0 Å². The standard InChI is InChI=1S/C26H28N2O2/c1-25(27-18-7-19-28-25)26(20-8-5-4-6-9-20,21-10-14-23(29-2)15-11-21)22-12-16-24(30-3)17-13-22/h4-18,27-28H,19H2,1-3H3. The van der Waals surface area contributed by atoms with Gasteiger partial charge in [-0.15, -0.1) is 0 Å². The molecule has 30 heavy (non-hydrogen) atoms. The molecule has 1 heterocycles. The van der Waals surface area contributed by atoms with Crippen molar-refractivity contribution in [1.29, 1.82) is 0 Å². The molecule has 0 fully saturated rings. The molecule has 4 nitrogen and oxygen atoms in total. The average molecular weight is 401 g/mol. The summed E-state index contributed by atoms with van der Waals surface area (Å²) in [7, 11) is 3.39. The summed E-state index contributed by atoms with van der Waals surface area (Å²) in [4.78, 5) is 0. The molecule has 4 rings (SSSR count). The third-order valence-electron chi connectivity index (χ3n) is 6.07. The van der Waals surface area contributed by atoms with E-state index in [1.165, 1.54) is 5.56 Å². The van der Waals surface area contributed by atoms with Gasteiger partial charge < -0.3 is 14.8 Å². The van der Waals surface area contributed by atoms with Crippen molar-refractivity contribution in [3.63, 3.8) is 0 Å². The number of methoxy groups -OCH3 is 2. The van der Waals surface area contributed by atoms with E-state index in [1.807, 2.05) is 30.5 Å². The van der Waals surface area contributed by atoms with Gasteiger partial charge in [0.05, 0.1) is 19.6 Å². The Morgan fingerprint density at radius 3 is 1.67 bits per heavy atom. The van der Waals surface area contributed by atoms with Gasteiger partial charge in [0.2, 0.25) is 0 Å². The van der Waals surface area contributed by atoms with E-state index in [0.29, 0.717) is 0 Å². The lowest BCUT2D eigenvalue weighted by atomic mass is 9.61. The van der Waals surface area contributed by atoms with Crippen molar-refractivity contribution < 1.29 is 9.47 Å². The van der Waals surface area contributed by atoms with Gasteiger partial charge in [0.1, 0.15) is 17.2 Å². The van der Waals surface area contributed by atoms with E-state index in [0.717, 1.165) is 29.2 Å². The zero-order valence-electron chi connectivity index (χ0n) is 17.7. The molecular weight excluding hydrogens is 372 g/mol. The molecule has 0 saturated heterocycles. The van der Waals surface area contributed by atoms with Crippen LogP contribution >= 0.6 is 0 Å². The zero-order valence-corrected chi connectivity index (χ0v) is 17.7. The summed E-state index contributed by atoms with van der Waals surface area (Å²) in [6, 6.07) is 27.4. The summed E-state index contributed by atoms with van der Waals surface area (Å²) in [5.74, 6) is 1.68. The molecule has 3 aromatic rings. The smallest absolute Gasteiger partial charge is 0.118 e. The molecular formula is C26H28N2O2. The Kier molecular flexibility index (Phi) is 5.51. The van der Waals surface area contributed by atoms with Gasteiger partial charge in [0.15, 0.2) is 0 Å². The van der Waals surface area contributed by atoms with Crippen molar-refractivity contribution in [2.24, 2.45) is 0 Å². The van der Waals surface area contributed by atoms with Crippen LogP contribution in [0.3, 0.4) is 0 Å². The van der Waals surface area contributed by atoms with E-state index in [9.17, 15) is 0 Å². The molecule has 0 radical (unpaired) electrons. The van der Waals surface area contributed by atoms with Gasteiger partial charge in [-0.3, -0.25) is 5.32 Å². The Bertz CT molecular complexity index is 950. The van der Waals surface area contributed by atoms with Crippen LogP contribution in [0.25, 0.3) is 0 Å². The first kappa shape index (κ1) is 20.0. The summed E-state index contributed by atoms with van der Waals surface area (Å²) >= 11 is 0. The van der Waals surface area contributed by atoms with Gasteiger partial charge in [0.25, 0.3) is 0 Å². The maximum atomic E-state index is 5.44. The second kappa shape index (κ2) is 8.25. The minimum absolute atomic E-state index is 0.480. The summed E-state index contributed by atoms with van der Waals surface area (Å²) in [5.41, 5.74) is 2.53. The molecule has 3 aromatic carbocycles. The Hall–Kier alpha value is -3.24. The third kappa shape index (κ3) is 3.23. The molecule has 2 N–H and O–H groups in total. The van der Waals surface area contributed by atoms with Crippen LogP contribution in [0.2, 0.25) is 0 Å². The van der Waals surface area contributed by atoms with Gasteiger partial charge >= 0.3 is 0 Å². The molecule has 1 unspecified atom stereocenters. The minimum Gasteiger partial charge on any atom is -0.497 e. The lowest BCUT2D eigenvalue weighted by Gasteiger charge is -2.52. The molecule has 0 aromatic heterocycles. The van der Waals surface area contributed by atoms with Gasteiger partial charge in [0, 0.05) is 6.54 Å². The Labute approximate surface area is 178 Å². The SMILES string of the molecule is COc1ccc(C(c2ccccc2)(c2ccc(OC)cc2)C2(C)NC=CCN2)cc1. The molecule has 154 valence electrons. The highest BCUT2D eigenvalue weighted by atomic mass is 16.5. The second-order valence-corrected chi connectivity index (χ2v) is 7.63. The normalized spacial score (nSPS) is 18.5. The maximum Gasteiger partial charge on any atom is 0.118 e. The van der Waals surface area contributed by atoms with Gasteiger partial charge in [-0.05, 0) is 54.1 Å². The largest absolute Gasteiger partial charge is 0.497 e. The number of rotatable bonds is 6. The van der Waals surface area contributed by atoms with Gasteiger partial charge in [-0.2, -0.15) is 0 Å². The van der Waals surface area contributed by atoms with Crippen LogP contribution in [0.15, 0.2) is 91.1 Å². The molecule has 0 saturated carbocycles. The van der Waals surface area contributed by atoms with Crippen LogP contribution in [-0.2, 0) is 5.41 Å². The molecule has 1 aliphatic rings. The van der Waals surface area contributed by atoms with Crippen molar-refractivity contribution in [3.8, 4) is 11.5 Å². The topological polar surface area (TPSA) is 42.5 Å². The molecule has 1 atom stereocenters. The van der Waals surface area contributed by atoms with Crippen molar-refractivity contribution in [2.75, 3.05) is 20.8 Å². The van der Waals surface area contributed by atoms with Crippen LogP contribution in [0.4, 0.5) is 0 Å². The van der Waals surface area contributed by atoms with Gasteiger partial charge in [-0.25, -0.2) is 0 Å². The van der Waals surface area contributed by atoms with E-state index >= 15 is 0 Å². The third-order valence-corrected chi connectivity index (χ3v) is 6.07. The van der Waals surface area contributed by atoms with Crippen LogP contribution in [-0.4, -0.2) is 26.4 Å². The molecule has 0 aliphatic carbocycles. The first-order valence-corrected chi connectivity index (χ1v) is 10.2. The van der Waals surface area contributed by atoms with E-state index in [1.54, 1.807) is 14.2 Å². The van der Waals surface area contributed by atoms with Crippen molar-refractivity contribution in [3.05, 3.63) is 108 Å². The summed E-state index contributed by atoms with van der Waals surface area (Å²) < 4.78 is 10.9. The predicted octanol–water partition coefficient (Wildman–Crippen LogP) is 4.46.